The van der Waals surface area contributed by atoms with E-state index in [0.29, 0.717) is 11.8 Å². The number of likely N-dealkylation sites (tertiary alicyclic amines) is 1. The number of hydrogen-bond acceptors (Lipinski definition) is 1. The monoisotopic (exact) mass is 193 g/mol. The Hall–Kier alpha value is -0.970. The Kier molecular flexibility index (Phi) is 4.00. The van der Waals surface area contributed by atoms with Gasteiger partial charge in [-0.2, -0.15) is 0 Å². The topological polar surface area (TPSA) is 20.3 Å². The summed E-state index contributed by atoms with van der Waals surface area (Å²) >= 11 is 0. The fourth-order valence-corrected chi connectivity index (χ4v) is 1.92. The second-order valence-electron chi connectivity index (χ2n) is 4.27. The van der Waals surface area contributed by atoms with Gasteiger partial charge in [-0.1, -0.05) is 19.8 Å². The van der Waals surface area contributed by atoms with Crippen LogP contribution in [0.3, 0.4) is 0 Å². The Balaban J connectivity index is 2.54. The Morgan fingerprint density at radius 2 is 2.21 bits per heavy atom. The third kappa shape index (κ3) is 2.77. The van der Waals surface area contributed by atoms with Gasteiger partial charge in [-0.25, -0.2) is 0 Å². The highest BCUT2D eigenvalue weighted by Gasteiger charge is 2.24. The quantitative estimate of drug-likeness (QED) is 0.582. The van der Waals surface area contributed by atoms with Gasteiger partial charge in [-0.15, -0.1) is 0 Å². The van der Waals surface area contributed by atoms with E-state index in [1.54, 1.807) is 6.92 Å². The van der Waals surface area contributed by atoms with Crippen molar-refractivity contribution >= 4 is 5.91 Å². The molecule has 0 spiro atoms. The summed E-state index contributed by atoms with van der Waals surface area (Å²) in [5, 5.41) is 0. The summed E-state index contributed by atoms with van der Waals surface area (Å²) in [7, 11) is 0. The van der Waals surface area contributed by atoms with E-state index in [-0.39, 0.29) is 5.91 Å². The number of nitrogens with zero attached hydrogens (tertiary/aromatic N) is 1. The Morgan fingerprint density at radius 1 is 1.50 bits per heavy atom. The van der Waals surface area contributed by atoms with Gasteiger partial charge in [0.1, 0.15) is 0 Å². The van der Waals surface area contributed by atoms with Crippen LogP contribution in [0.25, 0.3) is 0 Å². The molecule has 1 fully saturated rings. The second-order valence-corrected chi connectivity index (χ2v) is 4.27. The predicted molar refractivity (Wildman–Crippen MR) is 57.6 cm³/mol. The van der Waals surface area contributed by atoms with Crippen molar-refractivity contribution in [1.82, 2.24) is 4.90 Å². The molecule has 0 aromatic carbocycles. The summed E-state index contributed by atoms with van der Waals surface area (Å²) in [5.74, 6) is 6.60. The first-order valence-corrected chi connectivity index (χ1v) is 5.36. The summed E-state index contributed by atoms with van der Waals surface area (Å²) in [6.07, 6.45) is 2.38. The number of rotatable bonds is 1. The molecule has 1 heterocycles. The normalized spacial score (nSPS) is 21.7. The molecule has 0 saturated carbocycles. The number of hydrogen-bond donors (Lipinski definition) is 0. The van der Waals surface area contributed by atoms with Crippen LogP contribution in [0.15, 0.2) is 0 Å². The zero-order valence-electron chi connectivity index (χ0n) is 9.34. The maximum Gasteiger partial charge on any atom is 0.298 e. The maximum atomic E-state index is 11.5. The smallest absolute Gasteiger partial charge is 0.298 e. The zero-order valence-corrected chi connectivity index (χ0v) is 9.34. The Bertz CT molecular complexity index is 259. The van der Waals surface area contributed by atoms with Crippen molar-refractivity contribution in [3.63, 3.8) is 0 Å². The summed E-state index contributed by atoms with van der Waals surface area (Å²) in [6.45, 7) is 7.94. The largest absolute Gasteiger partial charge is 0.332 e. The second kappa shape index (κ2) is 5.05. The van der Waals surface area contributed by atoms with Crippen LogP contribution < -0.4 is 0 Å². The van der Waals surface area contributed by atoms with E-state index in [9.17, 15) is 4.79 Å². The van der Waals surface area contributed by atoms with E-state index in [1.165, 1.54) is 6.42 Å². The van der Waals surface area contributed by atoms with Gasteiger partial charge in [0.05, 0.1) is 0 Å². The van der Waals surface area contributed by atoms with Crippen molar-refractivity contribution in [3.05, 3.63) is 0 Å². The molecule has 0 aromatic rings. The molecule has 0 bridgehead atoms. The molecule has 78 valence electrons. The molecule has 1 atom stereocenters. The minimum atomic E-state index is -0.00199. The van der Waals surface area contributed by atoms with E-state index >= 15 is 0 Å². The molecule has 0 aliphatic carbocycles. The molecule has 0 radical (unpaired) electrons. The maximum absolute atomic E-state index is 11.5. The van der Waals surface area contributed by atoms with Crippen LogP contribution in [-0.4, -0.2) is 23.9 Å². The van der Waals surface area contributed by atoms with Crippen molar-refractivity contribution in [1.29, 1.82) is 0 Å². The summed E-state index contributed by atoms with van der Waals surface area (Å²) in [5.41, 5.74) is 0. The van der Waals surface area contributed by atoms with Gasteiger partial charge < -0.3 is 4.90 Å². The minimum Gasteiger partial charge on any atom is -0.332 e. The third-order valence-electron chi connectivity index (χ3n) is 2.92. The molecule has 0 aromatic heterocycles. The van der Waals surface area contributed by atoms with Gasteiger partial charge in [-0.3, -0.25) is 4.79 Å². The van der Waals surface area contributed by atoms with Crippen LogP contribution in [0.5, 0.6) is 0 Å². The fourth-order valence-electron chi connectivity index (χ4n) is 1.92. The molecule has 2 nitrogen and oxygen atoms in total. The van der Waals surface area contributed by atoms with Gasteiger partial charge >= 0.3 is 0 Å². The first kappa shape index (κ1) is 11.1. The van der Waals surface area contributed by atoms with E-state index in [4.69, 9.17) is 0 Å². The van der Waals surface area contributed by atoms with E-state index in [0.717, 1.165) is 19.5 Å². The molecule has 1 aliphatic rings. The number of piperidine rings is 1. The molecule has 2 heteroatoms. The molecule has 1 saturated heterocycles. The molecule has 14 heavy (non-hydrogen) atoms. The summed E-state index contributed by atoms with van der Waals surface area (Å²) < 4.78 is 0. The van der Waals surface area contributed by atoms with Crippen LogP contribution in [-0.2, 0) is 4.79 Å². The summed E-state index contributed by atoms with van der Waals surface area (Å²) in [6, 6.07) is 0. The van der Waals surface area contributed by atoms with E-state index < -0.39 is 0 Å². The predicted octanol–water partition coefficient (Wildman–Crippen LogP) is 1.90. The standard InChI is InChI=1S/C12H19NO/c1-4-6-12(14)13-8-5-7-11(9-13)10(2)3/h10-11H,5,7-9H2,1-3H3/t11-/m1/s1. The van der Waals surface area contributed by atoms with Gasteiger partial charge in [0.2, 0.25) is 0 Å². The zero-order chi connectivity index (χ0) is 10.6. The van der Waals surface area contributed by atoms with Crippen LogP contribution in [0.2, 0.25) is 0 Å². The Morgan fingerprint density at radius 3 is 2.79 bits per heavy atom. The molecular weight excluding hydrogens is 174 g/mol. The van der Waals surface area contributed by atoms with Crippen molar-refractivity contribution in [2.45, 2.75) is 33.6 Å². The lowest BCUT2D eigenvalue weighted by Gasteiger charge is -2.33. The highest BCUT2D eigenvalue weighted by molar-refractivity contribution is 5.93. The third-order valence-corrected chi connectivity index (χ3v) is 2.92. The van der Waals surface area contributed by atoms with Gasteiger partial charge in [0.25, 0.3) is 5.91 Å². The van der Waals surface area contributed by atoms with Gasteiger partial charge in [0.15, 0.2) is 0 Å². The van der Waals surface area contributed by atoms with Crippen LogP contribution >= 0.6 is 0 Å². The van der Waals surface area contributed by atoms with Gasteiger partial charge in [0, 0.05) is 13.1 Å². The van der Waals surface area contributed by atoms with Crippen LogP contribution in [0.4, 0.5) is 0 Å². The molecule has 0 N–H and O–H groups in total. The molecule has 1 rings (SSSR count). The van der Waals surface area contributed by atoms with E-state index in [2.05, 4.69) is 25.7 Å². The minimum absolute atomic E-state index is 0.00199. The van der Waals surface area contributed by atoms with Crippen LogP contribution in [0, 0.1) is 23.7 Å². The van der Waals surface area contributed by atoms with Crippen LogP contribution in [0.1, 0.15) is 33.6 Å². The number of amides is 1. The van der Waals surface area contributed by atoms with E-state index in [1.807, 2.05) is 4.90 Å². The van der Waals surface area contributed by atoms with Crippen molar-refractivity contribution in [2.75, 3.05) is 13.1 Å². The van der Waals surface area contributed by atoms with Crippen molar-refractivity contribution < 1.29 is 4.79 Å². The lowest BCUT2D eigenvalue weighted by Crippen LogP contribution is -2.40. The lowest BCUT2D eigenvalue weighted by atomic mass is 9.88. The molecule has 1 aliphatic heterocycles. The molecular formula is C12H19NO. The number of carbonyl (C=O) groups is 1. The van der Waals surface area contributed by atoms with Crippen molar-refractivity contribution in [3.8, 4) is 11.8 Å². The summed E-state index contributed by atoms with van der Waals surface area (Å²) in [4.78, 5) is 13.4. The first-order chi connectivity index (χ1) is 6.65. The SMILES string of the molecule is CC#CC(=O)N1CCC[C@@H](C(C)C)C1. The Labute approximate surface area is 86.7 Å². The highest BCUT2D eigenvalue weighted by atomic mass is 16.2. The number of carbonyl (C=O) groups excluding carboxylic acids is 1. The van der Waals surface area contributed by atoms with Crippen molar-refractivity contribution in [2.24, 2.45) is 11.8 Å². The average Bonchev–Trinajstić information content (AvgIpc) is 2.18. The first-order valence-electron chi connectivity index (χ1n) is 5.36. The molecule has 0 unspecified atom stereocenters. The lowest BCUT2D eigenvalue weighted by molar-refractivity contribution is -0.127. The fraction of sp³-hybridized carbons (Fsp3) is 0.750. The average molecular weight is 193 g/mol. The molecule has 1 amide bonds. The highest BCUT2D eigenvalue weighted by Crippen LogP contribution is 2.23. The van der Waals surface area contributed by atoms with Gasteiger partial charge in [-0.05, 0) is 37.5 Å².